The highest BCUT2D eigenvalue weighted by atomic mass is 32.2. The number of sulfonamides is 1. The first-order valence-electron chi connectivity index (χ1n) is 10.3. The predicted octanol–water partition coefficient (Wildman–Crippen LogP) is 4.45. The van der Waals surface area contributed by atoms with Crippen LogP contribution in [-0.2, 0) is 14.8 Å². The van der Waals surface area contributed by atoms with Gasteiger partial charge in [-0.05, 0) is 31.5 Å². The molecule has 9 heteroatoms. The molecule has 1 heterocycles. The average molecular weight is 487 g/mol. The van der Waals surface area contributed by atoms with Gasteiger partial charge in [0.05, 0.1) is 18.0 Å². The van der Waals surface area contributed by atoms with E-state index < -0.39 is 16.0 Å². The van der Waals surface area contributed by atoms with E-state index in [2.05, 4.69) is 5.32 Å². The molecular weight excluding hydrogens is 460 g/mol. The Balaban J connectivity index is 1.86. The number of Topliss-reactive ketones (excluding diaryl/α,β-unsaturated/α-hetero) is 1. The van der Waals surface area contributed by atoms with Crippen molar-refractivity contribution < 1.29 is 22.7 Å². The molecule has 1 aromatic heterocycles. The number of nitrogens with one attached hydrogen (secondary N) is 1. The van der Waals surface area contributed by atoms with E-state index in [0.717, 1.165) is 21.0 Å². The summed E-state index contributed by atoms with van der Waals surface area (Å²) in [6.45, 7) is 3.85. The van der Waals surface area contributed by atoms with Gasteiger partial charge in [0.2, 0.25) is 10.0 Å². The summed E-state index contributed by atoms with van der Waals surface area (Å²) in [6.07, 6.45) is 0. The average Bonchev–Trinajstić information content (AvgIpc) is 3.22. The van der Waals surface area contributed by atoms with E-state index in [9.17, 15) is 18.0 Å². The van der Waals surface area contributed by atoms with Crippen molar-refractivity contribution in [2.24, 2.45) is 0 Å². The van der Waals surface area contributed by atoms with Gasteiger partial charge in [-0.2, -0.15) is 0 Å². The molecule has 3 aromatic rings. The minimum atomic E-state index is -3.65. The molecule has 0 aliphatic carbocycles. The molecule has 0 unspecified atom stereocenters. The molecule has 0 aliphatic heterocycles. The lowest BCUT2D eigenvalue weighted by Crippen LogP contribution is -2.23. The van der Waals surface area contributed by atoms with Crippen LogP contribution in [0.15, 0.2) is 58.8 Å². The monoisotopic (exact) mass is 486 g/mol. The van der Waals surface area contributed by atoms with Crippen LogP contribution < -0.4 is 5.32 Å². The molecule has 33 heavy (non-hydrogen) atoms. The maximum Gasteiger partial charge on any atom is 0.341 e. The van der Waals surface area contributed by atoms with Crippen molar-refractivity contribution >= 4 is 38.1 Å². The third kappa shape index (κ3) is 5.50. The molecule has 0 spiro atoms. The summed E-state index contributed by atoms with van der Waals surface area (Å²) in [5.41, 5.74) is 3.35. The Morgan fingerprint density at radius 3 is 2.42 bits per heavy atom. The first-order valence-corrected chi connectivity index (χ1v) is 12.6. The van der Waals surface area contributed by atoms with Crippen molar-refractivity contribution in [3.8, 4) is 11.1 Å². The number of carbonyl (C=O) groups excluding carboxylic acids is 2. The lowest BCUT2D eigenvalue weighted by atomic mass is 10.0. The third-order valence-corrected chi connectivity index (χ3v) is 7.73. The largest absolute Gasteiger partial charge is 0.462 e. The van der Waals surface area contributed by atoms with Crippen molar-refractivity contribution in [1.82, 2.24) is 4.31 Å². The predicted molar refractivity (Wildman–Crippen MR) is 131 cm³/mol. The quantitative estimate of drug-likeness (QED) is 0.355. The number of rotatable bonds is 9. The number of esters is 1. The molecule has 174 valence electrons. The normalized spacial score (nSPS) is 11.4. The Morgan fingerprint density at radius 1 is 1.09 bits per heavy atom. The van der Waals surface area contributed by atoms with Crippen LogP contribution in [0.2, 0.25) is 0 Å². The Kier molecular flexibility index (Phi) is 7.68. The van der Waals surface area contributed by atoms with E-state index in [1.807, 2.05) is 36.6 Å². The number of anilines is 1. The minimum Gasteiger partial charge on any atom is -0.462 e. The number of nitrogens with zero attached hydrogens (tertiary/aromatic N) is 1. The van der Waals surface area contributed by atoms with Gasteiger partial charge in [-0.3, -0.25) is 4.79 Å². The fourth-order valence-corrected chi connectivity index (χ4v) is 5.05. The Morgan fingerprint density at radius 2 is 1.79 bits per heavy atom. The van der Waals surface area contributed by atoms with E-state index in [1.54, 1.807) is 13.0 Å². The molecule has 2 aromatic carbocycles. The molecule has 0 fully saturated rings. The summed E-state index contributed by atoms with van der Waals surface area (Å²) in [7, 11) is -0.783. The number of hydrogen-bond acceptors (Lipinski definition) is 7. The van der Waals surface area contributed by atoms with Crippen molar-refractivity contribution in [3.05, 3.63) is 70.6 Å². The van der Waals surface area contributed by atoms with Crippen LogP contribution >= 0.6 is 11.3 Å². The lowest BCUT2D eigenvalue weighted by Gasteiger charge is -2.12. The fourth-order valence-electron chi connectivity index (χ4n) is 3.14. The molecule has 0 atom stereocenters. The third-order valence-electron chi connectivity index (χ3n) is 4.98. The molecule has 0 saturated carbocycles. The highest BCUT2D eigenvalue weighted by Crippen LogP contribution is 2.36. The van der Waals surface area contributed by atoms with Gasteiger partial charge in [-0.1, -0.05) is 42.0 Å². The van der Waals surface area contributed by atoms with Crippen LogP contribution in [0.25, 0.3) is 11.1 Å². The number of carbonyl (C=O) groups is 2. The minimum absolute atomic E-state index is 0.0448. The smallest absolute Gasteiger partial charge is 0.341 e. The molecule has 0 bridgehead atoms. The molecule has 0 aliphatic rings. The van der Waals surface area contributed by atoms with Gasteiger partial charge in [0, 0.05) is 30.6 Å². The van der Waals surface area contributed by atoms with E-state index in [1.165, 1.54) is 43.6 Å². The van der Waals surface area contributed by atoms with Gasteiger partial charge >= 0.3 is 5.97 Å². The standard InChI is InChI=1S/C24H26N2O5S2/c1-5-31-24(28)22-20(17-11-9-16(2)10-12-17)15-32-23(22)25-14-21(27)18-7-6-8-19(13-18)33(29,30)26(3)4/h6-13,15,25H,5,14H2,1-4H3. The van der Waals surface area contributed by atoms with E-state index >= 15 is 0 Å². The van der Waals surface area contributed by atoms with Gasteiger partial charge in [-0.25, -0.2) is 17.5 Å². The highest BCUT2D eigenvalue weighted by molar-refractivity contribution is 7.89. The number of hydrogen-bond donors (Lipinski definition) is 1. The Hall–Kier alpha value is -3.01. The summed E-state index contributed by atoms with van der Waals surface area (Å²) < 4.78 is 31.1. The summed E-state index contributed by atoms with van der Waals surface area (Å²) in [6, 6.07) is 13.7. The molecule has 3 rings (SSSR count). The summed E-state index contributed by atoms with van der Waals surface area (Å²) in [5.74, 6) is -0.769. The number of benzene rings is 2. The first-order chi connectivity index (χ1) is 15.6. The zero-order valence-electron chi connectivity index (χ0n) is 18.9. The van der Waals surface area contributed by atoms with Crippen LogP contribution in [0.4, 0.5) is 5.00 Å². The fraction of sp³-hybridized carbons (Fsp3) is 0.250. The van der Waals surface area contributed by atoms with Gasteiger partial charge in [0.25, 0.3) is 0 Å². The van der Waals surface area contributed by atoms with Gasteiger partial charge in [0.15, 0.2) is 5.78 Å². The Bertz CT molecular complexity index is 1260. The van der Waals surface area contributed by atoms with Crippen LogP contribution in [0.1, 0.15) is 33.2 Å². The maximum absolute atomic E-state index is 12.8. The molecular formula is C24H26N2O5S2. The number of ether oxygens (including phenoxy) is 1. The zero-order valence-corrected chi connectivity index (χ0v) is 20.5. The lowest BCUT2D eigenvalue weighted by molar-refractivity contribution is 0.0528. The van der Waals surface area contributed by atoms with Crippen molar-refractivity contribution in [2.75, 3.05) is 32.6 Å². The van der Waals surface area contributed by atoms with Crippen LogP contribution in [0, 0.1) is 6.92 Å². The first kappa shape index (κ1) is 24.6. The molecule has 0 saturated heterocycles. The van der Waals surface area contributed by atoms with Gasteiger partial charge in [-0.15, -0.1) is 11.3 Å². The summed E-state index contributed by atoms with van der Waals surface area (Å²) >= 11 is 1.31. The van der Waals surface area contributed by atoms with Gasteiger partial charge < -0.3 is 10.1 Å². The second-order valence-electron chi connectivity index (χ2n) is 7.53. The molecule has 1 N–H and O–H groups in total. The Labute approximate surface area is 198 Å². The summed E-state index contributed by atoms with van der Waals surface area (Å²) in [4.78, 5) is 25.6. The van der Waals surface area contributed by atoms with Crippen LogP contribution in [0.3, 0.4) is 0 Å². The van der Waals surface area contributed by atoms with Crippen molar-refractivity contribution in [2.45, 2.75) is 18.7 Å². The van der Waals surface area contributed by atoms with Crippen molar-refractivity contribution in [3.63, 3.8) is 0 Å². The van der Waals surface area contributed by atoms with E-state index in [4.69, 9.17) is 4.74 Å². The number of ketones is 1. The molecule has 0 radical (unpaired) electrons. The van der Waals surface area contributed by atoms with E-state index in [-0.39, 0.29) is 29.4 Å². The summed E-state index contributed by atoms with van der Waals surface area (Å²) in [5, 5.41) is 5.42. The molecule has 0 amide bonds. The second kappa shape index (κ2) is 10.3. The van der Waals surface area contributed by atoms with Crippen LogP contribution in [0.5, 0.6) is 0 Å². The molecule has 7 nitrogen and oxygen atoms in total. The number of aryl methyl sites for hydroxylation is 1. The number of thiophene rings is 1. The SMILES string of the molecule is CCOC(=O)c1c(-c2ccc(C)cc2)csc1NCC(=O)c1cccc(S(=O)(=O)N(C)C)c1. The zero-order chi connectivity index (χ0) is 24.2. The van der Waals surface area contributed by atoms with E-state index in [0.29, 0.717) is 10.6 Å². The maximum atomic E-state index is 12.8. The van der Waals surface area contributed by atoms with Crippen LogP contribution in [-0.4, -0.2) is 51.7 Å². The highest BCUT2D eigenvalue weighted by Gasteiger charge is 2.23. The van der Waals surface area contributed by atoms with Gasteiger partial charge in [0.1, 0.15) is 10.6 Å². The topological polar surface area (TPSA) is 92.8 Å². The second-order valence-corrected chi connectivity index (χ2v) is 10.6. The van der Waals surface area contributed by atoms with Crippen molar-refractivity contribution in [1.29, 1.82) is 0 Å².